The summed E-state index contributed by atoms with van der Waals surface area (Å²) in [6, 6.07) is 5.86. The minimum Gasteiger partial charge on any atom is -0.496 e. The Kier molecular flexibility index (Phi) is 4.24. The van der Waals surface area contributed by atoms with Gasteiger partial charge in [-0.15, -0.1) is 0 Å². The molecule has 3 heteroatoms. The third-order valence-corrected chi connectivity index (χ3v) is 3.52. The van der Waals surface area contributed by atoms with E-state index in [2.05, 4.69) is 4.90 Å². The molecule has 0 aliphatic carbocycles. The molecule has 2 rings (SSSR count). The van der Waals surface area contributed by atoms with Crippen LogP contribution in [-0.4, -0.2) is 26.0 Å². The Labute approximate surface area is 109 Å². The molecule has 3 nitrogen and oxygen atoms in total. The number of carbonyl (C=O) groups excluding carboxylic acids is 1. The standard InChI is InChI=1S/C15H21NO2/c1-12(17)15-13(8-7-9-14(15)18-2)16-10-5-3-4-6-11-16/h7-9H,3-6,10-11H2,1-2H3. The summed E-state index contributed by atoms with van der Waals surface area (Å²) in [5.74, 6) is 0.760. The van der Waals surface area contributed by atoms with Gasteiger partial charge in [-0.25, -0.2) is 0 Å². The van der Waals surface area contributed by atoms with Gasteiger partial charge >= 0.3 is 0 Å². The molecule has 0 spiro atoms. The highest BCUT2D eigenvalue weighted by Gasteiger charge is 2.19. The third kappa shape index (κ3) is 2.66. The summed E-state index contributed by atoms with van der Waals surface area (Å²) in [7, 11) is 1.62. The first-order valence-electron chi connectivity index (χ1n) is 6.67. The van der Waals surface area contributed by atoms with Crippen LogP contribution in [0.5, 0.6) is 5.75 Å². The van der Waals surface area contributed by atoms with Crippen LogP contribution >= 0.6 is 0 Å². The van der Waals surface area contributed by atoms with Gasteiger partial charge in [0.2, 0.25) is 0 Å². The first kappa shape index (κ1) is 12.9. The molecule has 0 N–H and O–H groups in total. The van der Waals surface area contributed by atoms with E-state index in [-0.39, 0.29) is 5.78 Å². The van der Waals surface area contributed by atoms with E-state index in [0.29, 0.717) is 5.75 Å². The predicted molar refractivity (Wildman–Crippen MR) is 73.7 cm³/mol. The van der Waals surface area contributed by atoms with Crippen molar-refractivity contribution in [3.8, 4) is 5.75 Å². The number of anilines is 1. The van der Waals surface area contributed by atoms with E-state index in [9.17, 15) is 4.79 Å². The summed E-state index contributed by atoms with van der Waals surface area (Å²) in [5, 5.41) is 0. The molecule has 0 aromatic heterocycles. The number of hydrogen-bond donors (Lipinski definition) is 0. The monoisotopic (exact) mass is 247 g/mol. The fraction of sp³-hybridized carbons (Fsp3) is 0.533. The molecule has 1 saturated heterocycles. The van der Waals surface area contributed by atoms with Crippen LogP contribution in [-0.2, 0) is 0 Å². The van der Waals surface area contributed by atoms with Gasteiger partial charge in [-0.1, -0.05) is 18.9 Å². The van der Waals surface area contributed by atoms with Crippen LogP contribution < -0.4 is 9.64 Å². The molecule has 18 heavy (non-hydrogen) atoms. The Morgan fingerprint density at radius 3 is 2.39 bits per heavy atom. The normalized spacial score (nSPS) is 16.2. The summed E-state index contributed by atoms with van der Waals surface area (Å²) in [6.07, 6.45) is 4.98. The van der Waals surface area contributed by atoms with E-state index in [1.807, 2.05) is 18.2 Å². The smallest absolute Gasteiger partial charge is 0.165 e. The average Bonchev–Trinajstić information content (AvgIpc) is 2.66. The second-order valence-corrected chi connectivity index (χ2v) is 4.81. The van der Waals surface area contributed by atoms with Gasteiger partial charge in [0.15, 0.2) is 5.78 Å². The molecule has 1 aromatic rings. The number of nitrogens with zero attached hydrogens (tertiary/aromatic N) is 1. The van der Waals surface area contributed by atoms with Crippen molar-refractivity contribution in [2.45, 2.75) is 32.6 Å². The van der Waals surface area contributed by atoms with Crippen LogP contribution in [0.1, 0.15) is 43.0 Å². The highest BCUT2D eigenvalue weighted by molar-refractivity contribution is 6.02. The number of hydrogen-bond acceptors (Lipinski definition) is 3. The molecule has 0 saturated carbocycles. The molecule has 1 aromatic carbocycles. The maximum Gasteiger partial charge on any atom is 0.165 e. The Morgan fingerprint density at radius 1 is 1.17 bits per heavy atom. The number of rotatable bonds is 3. The molecule has 1 aliphatic rings. The van der Waals surface area contributed by atoms with E-state index in [4.69, 9.17) is 4.74 Å². The summed E-state index contributed by atoms with van der Waals surface area (Å²) in [4.78, 5) is 14.2. The van der Waals surface area contributed by atoms with E-state index in [0.717, 1.165) is 24.3 Å². The summed E-state index contributed by atoms with van der Waals surface area (Å²) in [5.41, 5.74) is 1.76. The summed E-state index contributed by atoms with van der Waals surface area (Å²) in [6.45, 7) is 3.68. The molecule has 0 radical (unpaired) electrons. The zero-order chi connectivity index (χ0) is 13.0. The molecule has 0 amide bonds. The summed E-state index contributed by atoms with van der Waals surface area (Å²) < 4.78 is 5.32. The second-order valence-electron chi connectivity index (χ2n) is 4.81. The Balaban J connectivity index is 2.38. The SMILES string of the molecule is COc1cccc(N2CCCCCC2)c1C(C)=O. The Hall–Kier alpha value is -1.51. The summed E-state index contributed by atoms with van der Waals surface area (Å²) >= 11 is 0. The van der Waals surface area contributed by atoms with Crippen molar-refractivity contribution in [1.82, 2.24) is 0 Å². The lowest BCUT2D eigenvalue weighted by molar-refractivity contribution is 0.101. The quantitative estimate of drug-likeness (QED) is 0.768. The number of benzene rings is 1. The maximum atomic E-state index is 11.9. The van der Waals surface area contributed by atoms with Crippen molar-refractivity contribution < 1.29 is 9.53 Å². The van der Waals surface area contributed by atoms with Crippen LogP contribution in [0.15, 0.2) is 18.2 Å². The fourth-order valence-electron chi connectivity index (χ4n) is 2.62. The van der Waals surface area contributed by atoms with Crippen molar-refractivity contribution in [2.75, 3.05) is 25.1 Å². The van der Waals surface area contributed by atoms with Gasteiger partial charge in [0.05, 0.1) is 18.4 Å². The highest BCUT2D eigenvalue weighted by Crippen LogP contribution is 2.31. The maximum absolute atomic E-state index is 11.9. The van der Waals surface area contributed by atoms with Gasteiger partial charge in [0.25, 0.3) is 0 Å². The zero-order valence-electron chi connectivity index (χ0n) is 11.2. The molecular weight excluding hydrogens is 226 g/mol. The molecule has 0 atom stereocenters. The van der Waals surface area contributed by atoms with Crippen molar-refractivity contribution in [2.24, 2.45) is 0 Å². The van der Waals surface area contributed by atoms with E-state index < -0.39 is 0 Å². The molecule has 1 fully saturated rings. The lowest BCUT2D eigenvalue weighted by atomic mass is 10.1. The van der Waals surface area contributed by atoms with Crippen molar-refractivity contribution in [3.05, 3.63) is 23.8 Å². The van der Waals surface area contributed by atoms with Crippen LogP contribution in [0.2, 0.25) is 0 Å². The lowest BCUT2D eigenvalue weighted by Crippen LogP contribution is -2.25. The molecule has 98 valence electrons. The van der Waals surface area contributed by atoms with Gasteiger partial charge in [-0.3, -0.25) is 4.79 Å². The number of ketones is 1. The minimum absolute atomic E-state index is 0.0756. The number of carbonyl (C=O) groups is 1. The van der Waals surface area contributed by atoms with Crippen LogP contribution in [0.25, 0.3) is 0 Å². The zero-order valence-corrected chi connectivity index (χ0v) is 11.2. The van der Waals surface area contributed by atoms with Crippen LogP contribution in [0.4, 0.5) is 5.69 Å². The second kappa shape index (κ2) is 5.89. The first-order chi connectivity index (χ1) is 8.74. The van der Waals surface area contributed by atoms with Crippen molar-refractivity contribution in [1.29, 1.82) is 0 Å². The Morgan fingerprint density at radius 2 is 1.83 bits per heavy atom. The van der Waals surface area contributed by atoms with E-state index >= 15 is 0 Å². The number of ether oxygens (including phenoxy) is 1. The topological polar surface area (TPSA) is 29.5 Å². The van der Waals surface area contributed by atoms with Crippen LogP contribution in [0, 0.1) is 0 Å². The van der Waals surface area contributed by atoms with Gasteiger partial charge in [0.1, 0.15) is 5.75 Å². The first-order valence-corrected chi connectivity index (χ1v) is 6.67. The molecular formula is C15H21NO2. The van der Waals surface area contributed by atoms with E-state index in [1.165, 1.54) is 25.7 Å². The van der Waals surface area contributed by atoms with Crippen molar-refractivity contribution >= 4 is 11.5 Å². The third-order valence-electron chi connectivity index (χ3n) is 3.52. The molecule has 0 unspecified atom stereocenters. The number of methoxy groups -OCH3 is 1. The fourth-order valence-corrected chi connectivity index (χ4v) is 2.62. The number of Topliss-reactive ketones (excluding diaryl/α,β-unsaturated/α-hetero) is 1. The molecule has 1 aliphatic heterocycles. The predicted octanol–water partition coefficient (Wildman–Crippen LogP) is 3.28. The van der Waals surface area contributed by atoms with Gasteiger partial charge < -0.3 is 9.64 Å². The van der Waals surface area contributed by atoms with Gasteiger partial charge in [-0.2, -0.15) is 0 Å². The largest absolute Gasteiger partial charge is 0.496 e. The van der Waals surface area contributed by atoms with Gasteiger partial charge in [-0.05, 0) is 31.9 Å². The van der Waals surface area contributed by atoms with Crippen LogP contribution in [0.3, 0.4) is 0 Å². The molecule has 0 bridgehead atoms. The average molecular weight is 247 g/mol. The molecule has 1 heterocycles. The lowest BCUT2D eigenvalue weighted by Gasteiger charge is -2.25. The highest BCUT2D eigenvalue weighted by atomic mass is 16.5. The minimum atomic E-state index is 0.0756. The van der Waals surface area contributed by atoms with Crippen molar-refractivity contribution in [3.63, 3.8) is 0 Å². The Bertz CT molecular complexity index is 421. The van der Waals surface area contributed by atoms with Gasteiger partial charge in [0, 0.05) is 13.1 Å². The van der Waals surface area contributed by atoms with E-state index in [1.54, 1.807) is 14.0 Å².